The Morgan fingerprint density at radius 2 is 1.92 bits per heavy atom. The Balaban J connectivity index is 2.35. The number of hydrogen-bond donors (Lipinski definition) is 0. The lowest BCUT2D eigenvalue weighted by molar-refractivity contribution is 1.10. The van der Waals surface area contributed by atoms with E-state index in [1.165, 1.54) is 33.4 Å². The first-order chi connectivity index (χ1) is 12.0. The fourth-order valence-electron chi connectivity index (χ4n) is 3.22. The van der Waals surface area contributed by atoms with Crippen LogP contribution in [0.15, 0.2) is 63.8 Å². The maximum Gasteiger partial charge on any atom is 0.0654 e. The summed E-state index contributed by atoms with van der Waals surface area (Å²) in [6.07, 6.45) is 11.9. The summed E-state index contributed by atoms with van der Waals surface area (Å²) >= 11 is 0. The van der Waals surface area contributed by atoms with Gasteiger partial charge in [0, 0.05) is 12.1 Å². The third-order valence-electron chi connectivity index (χ3n) is 4.58. The SMILES string of the molecule is C/C=C\C(=C/C(C)=NC(C1=Cc2cc(CC)ccc2C1)=C(C)C)CC. The van der Waals surface area contributed by atoms with E-state index < -0.39 is 0 Å². The fraction of sp³-hybridized carbons (Fsp3) is 0.375. The van der Waals surface area contributed by atoms with Crippen LogP contribution in [-0.4, -0.2) is 5.71 Å². The standard InChI is InChI=1S/C24H31N/c1-7-10-19(8-2)13-18(6)25-24(17(4)5)23-15-21-12-11-20(9-3)14-22(21)16-23/h7,10-14,16H,8-9,15H2,1-6H3/b10-7-,19-13-,25-18?. The number of aryl methyl sites for hydroxylation is 1. The summed E-state index contributed by atoms with van der Waals surface area (Å²) in [5.41, 5.74) is 10.3. The molecule has 132 valence electrons. The molecule has 0 bridgehead atoms. The Kier molecular flexibility index (Phi) is 6.75. The van der Waals surface area contributed by atoms with Crippen LogP contribution < -0.4 is 0 Å². The molecular weight excluding hydrogens is 302 g/mol. The zero-order chi connectivity index (χ0) is 18.4. The minimum Gasteiger partial charge on any atom is -0.254 e. The highest BCUT2D eigenvalue weighted by Crippen LogP contribution is 2.32. The molecule has 1 aromatic rings. The van der Waals surface area contributed by atoms with E-state index in [0.717, 1.165) is 30.7 Å². The Bertz CT molecular complexity index is 778. The van der Waals surface area contributed by atoms with Gasteiger partial charge in [-0.05, 0) is 80.5 Å². The lowest BCUT2D eigenvalue weighted by atomic mass is 10.0. The highest BCUT2D eigenvalue weighted by atomic mass is 14.8. The molecule has 0 N–H and O–H groups in total. The molecule has 0 heterocycles. The van der Waals surface area contributed by atoms with Crippen LogP contribution >= 0.6 is 0 Å². The number of nitrogens with zero attached hydrogens (tertiary/aromatic N) is 1. The van der Waals surface area contributed by atoms with E-state index in [9.17, 15) is 0 Å². The van der Waals surface area contributed by atoms with Crippen molar-refractivity contribution < 1.29 is 0 Å². The predicted molar refractivity (Wildman–Crippen MR) is 112 cm³/mol. The first-order valence-corrected chi connectivity index (χ1v) is 9.37. The number of rotatable bonds is 6. The summed E-state index contributed by atoms with van der Waals surface area (Å²) in [7, 11) is 0. The molecule has 1 nitrogen and oxygen atoms in total. The van der Waals surface area contributed by atoms with Crippen molar-refractivity contribution in [2.24, 2.45) is 4.99 Å². The van der Waals surface area contributed by atoms with Gasteiger partial charge >= 0.3 is 0 Å². The minimum atomic E-state index is 0.982. The Labute approximate surface area is 153 Å². The number of aliphatic imine (C=N–C) groups is 1. The average molecular weight is 334 g/mol. The van der Waals surface area contributed by atoms with Crippen LogP contribution in [0.4, 0.5) is 0 Å². The number of allylic oxidation sites excluding steroid dienone is 6. The van der Waals surface area contributed by atoms with Gasteiger partial charge in [-0.1, -0.05) is 49.8 Å². The number of fused-ring (bicyclic) bond motifs is 1. The molecule has 0 saturated carbocycles. The van der Waals surface area contributed by atoms with Gasteiger partial charge in [0.05, 0.1) is 5.70 Å². The predicted octanol–water partition coefficient (Wildman–Crippen LogP) is 6.86. The Hall–Kier alpha value is -2.15. The molecule has 0 atom stereocenters. The van der Waals surface area contributed by atoms with Crippen molar-refractivity contribution in [3.8, 4) is 0 Å². The van der Waals surface area contributed by atoms with Crippen LogP contribution in [0.5, 0.6) is 0 Å². The maximum atomic E-state index is 4.97. The molecule has 0 radical (unpaired) electrons. The van der Waals surface area contributed by atoms with Crippen molar-refractivity contribution in [1.29, 1.82) is 0 Å². The third-order valence-corrected chi connectivity index (χ3v) is 4.58. The van der Waals surface area contributed by atoms with Gasteiger partial charge in [0.25, 0.3) is 0 Å². The van der Waals surface area contributed by atoms with E-state index in [1.54, 1.807) is 0 Å². The monoisotopic (exact) mass is 333 g/mol. The molecule has 0 fully saturated rings. The van der Waals surface area contributed by atoms with E-state index in [4.69, 9.17) is 4.99 Å². The quantitative estimate of drug-likeness (QED) is 0.398. The van der Waals surface area contributed by atoms with E-state index in [2.05, 4.69) is 84.0 Å². The van der Waals surface area contributed by atoms with E-state index in [1.807, 2.05) is 0 Å². The van der Waals surface area contributed by atoms with Crippen molar-refractivity contribution in [3.63, 3.8) is 0 Å². The average Bonchev–Trinajstić information content (AvgIpc) is 3.01. The van der Waals surface area contributed by atoms with Crippen LogP contribution in [0.25, 0.3) is 6.08 Å². The zero-order valence-corrected chi connectivity index (χ0v) is 16.6. The second-order valence-corrected chi connectivity index (χ2v) is 6.91. The van der Waals surface area contributed by atoms with E-state index >= 15 is 0 Å². The normalized spacial score (nSPS) is 14.7. The molecule has 1 aromatic carbocycles. The molecular formula is C24H31N. The van der Waals surface area contributed by atoms with Gasteiger partial charge in [-0.25, -0.2) is 0 Å². The van der Waals surface area contributed by atoms with Gasteiger partial charge in [-0.3, -0.25) is 4.99 Å². The molecule has 1 heteroatoms. The Morgan fingerprint density at radius 1 is 1.16 bits per heavy atom. The minimum absolute atomic E-state index is 0.982. The highest BCUT2D eigenvalue weighted by molar-refractivity contribution is 5.95. The first kappa shape index (κ1) is 19.2. The van der Waals surface area contributed by atoms with Crippen molar-refractivity contribution in [3.05, 3.63) is 75.5 Å². The van der Waals surface area contributed by atoms with Crippen LogP contribution in [0, 0.1) is 0 Å². The third kappa shape index (κ3) is 4.92. The molecule has 1 aliphatic carbocycles. The molecule has 1 aliphatic rings. The smallest absolute Gasteiger partial charge is 0.0654 e. The maximum absolute atomic E-state index is 4.97. The largest absolute Gasteiger partial charge is 0.254 e. The Morgan fingerprint density at radius 3 is 2.52 bits per heavy atom. The molecule has 0 saturated heterocycles. The van der Waals surface area contributed by atoms with Gasteiger partial charge in [-0.2, -0.15) is 0 Å². The van der Waals surface area contributed by atoms with Gasteiger partial charge in [-0.15, -0.1) is 0 Å². The molecule has 0 spiro atoms. The molecule has 0 aromatic heterocycles. The summed E-state index contributed by atoms with van der Waals surface area (Å²) in [5.74, 6) is 0. The van der Waals surface area contributed by atoms with Crippen molar-refractivity contribution in [2.45, 2.75) is 60.8 Å². The van der Waals surface area contributed by atoms with Crippen LogP contribution in [0.3, 0.4) is 0 Å². The van der Waals surface area contributed by atoms with Gasteiger partial charge in [0.15, 0.2) is 0 Å². The van der Waals surface area contributed by atoms with E-state index in [0.29, 0.717) is 0 Å². The fourth-order valence-corrected chi connectivity index (χ4v) is 3.22. The van der Waals surface area contributed by atoms with Gasteiger partial charge < -0.3 is 0 Å². The first-order valence-electron chi connectivity index (χ1n) is 9.37. The summed E-state index contributed by atoms with van der Waals surface area (Å²) in [4.78, 5) is 4.97. The molecule has 0 amide bonds. The van der Waals surface area contributed by atoms with Crippen LogP contribution in [0.2, 0.25) is 0 Å². The topological polar surface area (TPSA) is 12.4 Å². The van der Waals surface area contributed by atoms with Crippen LogP contribution in [-0.2, 0) is 12.8 Å². The number of hydrogen-bond acceptors (Lipinski definition) is 1. The van der Waals surface area contributed by atoms with Crippen molar-refractivity contribution in [1.82, 2.24) is 0 Å². The van der Waals surface area contributed by atoms with Gasteiger partial charge in [0.1, 0.15) is 0 Å². The molecule has 25 heavy (non-hydrogen) atoms. The molecule has 0 unspecified atom stereocenters. The van der Waals surface area contributed by atoms with Gasteiger partial charge in [0.2, 0.25) is 0 Å². The molecule has 2 rings (SSSR count). The summed E-state index contributed by atoms with van der Waals surface area (Å²) in [6.45, 7) is 12.9. The lowest BCUT2D eigenvalue weighted by Crippen LogP contribution is -1.96. The van der Waals surface area contributed by atoms with Crippen molar-refractivity contribution >= 4 is 11.8 Å². The summed E-state index contributed by atoms with van der Waals surface area (Å²) < 4.78 is 0. The molecule has 0 aliphatic heterocycles. The summed E-state index contributed by atoms with van der Waals surface area (Å²) in [6, 6.07) is 6.85. The second-order valence-electron chi connectivity index (χ2n) is 6.91. The van der Waals surface area contributed by atoms with Crippen molar-refractivity contribution in [2.75, 3.05) is 0 Å². The lowest BCUT2D eigenvalue weighted by Gasteiger charge is -2.08. The van der Waals surface area contributed by atoms with E-state index in [-0.39, 0.29) is 0 Å². The van der Waals surface area contributed by atoms with Crippen LogP contribution in [0.1, 0.15) is 64.7 Å². The number of benzene rings is 1. The highest BCUT2D eigenvalue weighted by Gasteiger charge is 2.17. The summed E-state index contributed by atoms with van der Waals surface area (Å²) in [5, 5.41) is 0. The zero-order valence-electron chi connectivity index (χ0n) is 16.6. The second kappa shape index (κ2) is 8.80.